The lowest BCUT2D eigenvalue weighted by atomic mass is 10.2. The fourth-order valence-electron chi connectivity index (χ4n) is 0.974. The van der Waals surface area contributed by atoms with Gasteiger partial charge in [0.25, 0.3) is 5.91 Å². The number of carbonyl (C=O) groups is 1. The average molecular weight is 179 g/mol. The second kappa shape index (κ2) is 4.00. The molecule has 0 saturated carbocycles. The first kappa shape index (κ1) is 9.67. The Balaban J connectivity index is 2.95. The van der Waals surface area contributed by atoms with Crippen molar-refractivity contribution in [1.82, 2.24) is 9.88 Å². The number of nitrogens with zero attached hydrogens (tertiary/aromatic N) is 2. The lowest BCUT2D eigenvalue weighted by Gasteiger charge is -2.09. The molecule has 0 unspecified atom stereocenters. The minimum absolute atomic E-state index is 0.0530. The van der Waals surface area contributed by atoms with Crippen LogP contribution in [0.15, 0.2) is 18.5 Å². The lowest BCUT2D eigenvalue weighted by Crippen LogP contribution is -2.22. The van der Waals surface area contributed by atoms with E-state index in [1.807, 2.05) is 0 Å². The van der Waals surface area contributed by atoms with E-state index in [2.05, 4.69) is 4.98 Å². The van der Waals surface area contributed by atoms with E-state index in [-0.39, 0.29) is 5.91 Å². The SMILES string of the molecule is CN(C)C(=O)c1cncc(CN)c1. The monoisotopic (exact) mass is 179 g/mol. The summed E-state index contributed by atoms with van der Waals surface area (Å²) in [7, 11) is 3.41. The summed E-state index contributed by atoms with van der Waals surface area (Å²) in [6, 6.07) is 1.76. The van der Waals surface area contributed by atoms with Crippen LogP contribution in [-0.4, -0.2) is 29.9 Å². The van der Waals surface area contributed by atoms with Crippen molar-refractivity contribution in [2.24, 2.45) is 5.73 Å². The van der Waals surface area contributed by atoms with Gasteiger partial charge in [0.2, 0.25) is 0 Å². The summed E-state index contributed by atoms with van der Waals surface area (Å²) < 4.78 is 0. The van der Waals surface area contributed by atoms with Gasteiger partial charge in [0.1, 0.15) is 0 Å². The van der Waals surface area contributed by atoms with Crippen LogP contribution in [0.25, 0.3) is 0 Å². The van der Waals surface area contributed by atoms with E-state index in [4.69, 9.17) is 5.73 Å². The van der Waals surface area contributed by atoms with Crippen molar-refractivity contribution in [1.29, 1.82) is 0 Å². The predicted molar refractivity (Wildman–Crippen MR) is 50.1 cm³/mol. The molecule has 0 aliphatic rings. The zero-order valence-electron chi connectivity index (χ0n) is 7.82. The van der Waals surface area contributed by atoms with E-state index in [1.165, 1.54) is 4.90 Å². The van der Waals surface area contributed by atoms with Crippen molar-refractivity contribution in [3.63, 3.8) is 0 Å². The molecule has 0 aliphatic carbocycles. The summed E-state index contributed by atoms with van der Waals surface area (Å²) in [6.07, 6.45) is 3.20. The highest BCUT2D eigenvalue weighted by Crippen LogP contribution is 2.03. The molecule has 0 fully saturated rings. The minimum Gasteiger partial charge on any atom is -0.345 e. The molecule has 4 heteroatoms. The summed E-state index contributed by atoms with van der Waals surface area (Å²) in [5.41, 5.74) is 6.88. The van der Waals surface area contributed by atoms with Gasteiger partial charge >= 0.3 is 0 Å². The zero-order valence-corrected chi connectivity index (χ0v) is 7.82. The Hall–Kier alpha value is -1.42. The maximum absolute atomic E-state index is 11.5. The van der Waals surface area contributed by atoms with Crippen LogP contribution in [-0.2, 0) is 6.54 Å². The van der Waals surface area contributed by atoms with Crippen molar-refractivity contribution >= 4 is 5.91 Å². The third-order valence-corrected chi connectivity index (χ3v) is 1.68. The molecule has 0 spiro atoms. The molecule has 0 atom stereocenters. The fraction of sp³-hybridized carbons (Fsp3) is 0.333. The van der Waals surface area contributed by atoms with Gasteiger partial charge < -0.3 is 10.6 Å². The van der Waals surface area contributed by atoms with Crippen LogP contribution in [0.3, 0.4) is 0 Å². The standard InChI is InChI=1S/C9H13N3O/c1-12(2)9(13)8-3-7(4-10)5-11-6-8/h3,5-6H,4,10H2,1-2H3. The molecular weight excluding hydrogens is 166 g/mol. The maximum Gasteiger partial charge on any atom is 0.254 e. The lowest BCUT2D eigenvalue weighted by molar-refractivity contribution is 0.0827. The largest absolute Gasteiger partial charge is 0.345 e. The van der Waals surface area contributed by atoms with Crippen LogP contribution in [0.5, 0.6) is 0 Å². The van der Waals surface area contributed by atoms with Crippen LogP contribution < -0.4 is 5.73 Å². The second-order valence-corrected chi connectivity index (χ2v) is 2.99. The molecule has 0 radical (unpaired) electrons. The first-order chi connectivity index (χ1) is 6.15. The fourth-order valence-corrected chi connectivity index (χ4v) is 0.974. The van der Waals surface area contributed by atoms with Gasteiger partial charge in [0.05, 0.1) is 5.56 Å². The maximum atomic E-state index is 11.5. The van der Waals surface area contributed by atoms with Gasteiger partial charge in [-0.05, 0) is 11.6 Å². The van der Waals surface area contributed by atoms with E-state index in [0.717, 1.165) is 5.56 Å². The Labute approximate surface area is 77.4 Å². The molecular formula is C9H13N3O. The molecule has 0 aromatic carbocycles. The van der Waals surface area contributed by atoms with E-state index < -0.39 is 0 Å². The van der Waals surface area contributed by atoms with Crippen LogP contribution in [0.4, 0.5) is 0 Å². The molecule has 1 aromatic rings. The first-order valence-corrected chi connectivity index (χ1v) is 4.01. The number of hydrogen-bond acceptors (Lipinski definition) is 3. The number of nitrogens with two attached hydrogens (primary N) is 1. The molecule has 0 saturated heterocycles. The summed E-state index contributed by atoms with van der Waals surface area (Å²) in [4.78, 5) is 16.9. The average Bonchev–Trinajstić information content (AvgIpc) is 2.16. The van der Waals surface area contributed by atoms with Gasteiger partial charge in [-0.3, -0.25) is 9.78 Å². The number of carbonyl (C=O) groups excluding carboxylic acids is 1. The van der Waals surface area contributed by atoms with E-state index >= 15 is 0 Å². The number of pyridine rings is 1. The van der Waals surface area contributed by atoms with Crippen LogP contribution in [0.1, 0.15) is 15.9 Å². The molecule has 70 valence electrons. The molecule has 2 N–H and O–H groups in total. The van der Waals surface area contributed by atoms with Crippen molar-refractivity contribution < 1.29 is 4.79 Å². The third kappa shape index (κ3) is 2.26. The molecule has 1 amide bonds. The second-order valence-electron chi connectivity index (χ2n) is 2.99. The summed E-state index contributed by atoms with van der Waals surface area (Å²) >= 11 is 0. The van der Waals surface area contributed by atoms with Crippen molar-refractivity contribution in [3.8, 4) is 0 Å². The van der Waals surface area contributed by atoms with Gasteiger partial charge in [0.15, 0.2) is 0 Å². The van der Waals surface area contributed by atoms with E-state index in [9.17, 15) is 4.79 Å². The number of aromatic nitrogens is 1. The Morgan fingerprint density at radius 2 is 2.23 bits per heavy atom. The van der Waals surface area contributed by atoms with Crippen molar-refractivity contribution in [2.45, 2.75) is 6.54 Å². The van der Waals surface area contributed by atoms with Gasteiger partial charge in [-0.2, -0.15) is 0 Å². The van der Waals surface area contributed by atoms with Crippen LogP contribution in [0.2, 0.25) is 0 Å². The Kier molecular flexibility index (Phi) is 2.97. The number of amides is 1. The van der Waals surface area contributed by atoms with E-state index in [0.29, 0.717) is 12.1 Å². The van der Waals surface area contributed by atoms with Crippen molar-refractivity contribution in [2.75, 3.05) is 14.1 Å². The van der Waals surface area contributed by atoms with Crippen LogP contribution in [0, 0.1) is 0 Å². The highest BCUT2D eigenvalue weighted by molar-refractivity contribution is 5.93. The summed E-state index contributed by atoms with van der Waals surface area (Å²) in [5, 5.41) is 0. The highest BCUT2D eigenvalue weighted by Gasteiger charge is 2.07. The minimum atomic E-state index is -0.0530. The molecule has 0 bridgehead atoms. The molecule has 1 rings (SSSR count). The van der Waals surface area contributed by atoms with E-state index in [1.54, 1.807) is 32.6 Å². The first-order valence-electron chi connectivity index (χ1n) is 4.01. The molecule has 1 heterocycles. The van der Waals surface area contributed by atoms with Crippen molar-refractivity contribution in [3.05, 3.63) is 29.6 Å². The summed E-state index contributed by atoms with van der Waals surface area (Å²) in [6.45, 7) is 0.404. The predicted octanol–water partition coefficient (Wildman–Crippen LogP) is 0.242. The normalized spacial score (nSPS) is 9.77. The quantitative estimate of drug-likeness (QED) is 0.707. The summed E-state index contributed by atoms with van der Waals surface area (Å²) in [5.74, 6) is -0.0530. The van der Waals surface area contributed by atoms with Gasteiger partial charge in [-0.15, -0.1) is 0 Å². The Bertz CT molecular complexity index is 309. The molecule has 4 nitrogen and oxygen atoms in total. The smallest absolute Gasteiger partial charge is 0.254 e. The number of rotatable bonds is 2. The zero-order chi connectivity index (χ0) is 9.84. The van der Waals surface area contributed by atoms with Gasteiger partial charge in [0, 0.05) is 33.0 Å². The van der Waals surface area contributed by atoms with Gasteiger partial charge in [-0.25, -0.2) is 0 Å². The Morgan fingerprint density at radius 3 is 2.77 bits per heavy atom. The highest BCUT2D eigenvalue weighted by atomic mass is 16.2. The molecule has 13 heavy (non-hydrogen) atoms. The topological polar surface area (TPSA) is 59.2 Å². The molecule has 1 aromatic heterocycles. The van der Waals surface area contributed by atoms with Gasteiger partial charge in [-0.1, -0.05) is 0 Å². The number of hydrogen-bond donors (Lipinski definition) is 1. The third-order valence-electron chi connectivity index (χ3n) is 1.68. The van der Waals surface area contributed by atoms with Crippen LogP contribution >= 0.6 is 0 Å². The molecule has 0 aliphatic heterocycles. The Morgan fingerprint density at radius 1 is 1.54 bits per heavy atom.